The molecule has 156 valence electrons. The fraction of sp³-hybridized carbons (Fsp3) is 0.304. The van der Waals surface area contributed by atoms with Gasteiger partial charge in [-0.25, -0.2) is 8.78 Å². The maximum atomic E-state index is 14.3. The van der Waals surface area contributed by atoms with Crippen molar-refractivity contribution >= 4 is 5.91 Å². The summed E-state index contributed by atoms with van der Waals surface area (Å²) in [6, 6.07) is 13.7. The standard InChI is InChI=1S/C23H24F2N4O/c1-27-16-20(22(26-27)19-8-7-18(24)15-21(19)25)23(30)29-13-11-28(12-14-29)10-9-17-5-3-2-4-6-17/h2-8,15-16H,9-14H2,1H3. The first-order chi connectivity index (χ1) is 14.5. The van der Waals surface area contributed by atoms with E-state index in [2.05, 4.69) is 22.1 Å². The van der Waals surface area contributed by atoms with Gasteiger partial charge in [0, 0.05) is 57.6 Å². The Hall–Kier alpha value is -3.06. The van der Waals surface area contributed by atoms with E-state index >= 15 is 0 Å². The molecule has 0 N–H and O–H groups in total. The Morgan fingerprint density at radius 3 is 2.47 bits per heavy atom. The number of amides is 1. The van der Waals surface area contributed by atoms with Crippen LogP contribution in [0.25, 0.3) is 11.3 Å². The van der Waals surface area contributed by atoms with Crippen LogP contribution in [0.5, 0.6) is 0 Å². The number of aryl methyl sites for hydroxylation is 1. The highest BCUT2D eigenvalue weighted by Gasteiger charge is 2.27. The summed E-state index contributed by atoms with van der Waals surface area (Å²) in [4.78, 5) is 17.3. The molecule has 0 bridgehead atoms. The van der Waals surface area contributed by atoms with Crippen LogP contribution >= 0.6 is 0 Å². The zero-order valence-corrected chi connectivity index (χ0v) is 16.9. The molecule has 3 aromatic rings. The second-order valence-electron chi connectivity index (χ2n) is 7.56. The second kappa shape index (κ2) is 8.75. The molecule has 30 heavy (non-hydrogen) atoms. The Balaban J connectivity index is 1.42. The van der Waals surface area contributed by atoms with Gasteiger partial charge >= 0.3 is 0 Å². The van der Waals surface area contributed by atoms with Crippen molar-refractivity contribution in [2.45, 2.75) is 6.42 Å². The largest absolute Gasteiger partial charge is 0.336 e. The van der Waals surface area contributed by atoms with Crippen molar-refractivity contribution in [3.05, 3.63) is 77.5 Å². The maximum Gasteiger partial charge on any atom is 0.257 e. The molecule has 2 aromatic carbocycles. The van der Waals surface area contributed by atoms with Gasteiger partial charge < -0.3 is 4.90 Å². The maximum absolute atomic E-state index is 14.3. The number of hydrogen-bond acceptors (Lipinski definition) is 3. The van der Waals surface area contributed by atoms with Gasteiger partial charge in [0.05, 0.1) is 5.56 Å². The van der Waals surface area contributed by atoms with Crippen molar-refractivity contribution in [1.29, 1.82) is 0 Å². The topological polar surface area (TPSA) is 41.4 Å². The molecular weight excluding hydrogens is 386 g/mol. The highest BCUT2D eigenvalue weighted by Crippen LogP contribution is 2.26. The number of hydrogen-bond donors (Lipinski definition) is 0. The van der Waals surface area contributed by atoms with Crippen molar-refractivity contribution < 1.29 is 13.6 Å². The van der Waals surface area contributed by atoms with Crippen LogP contribution in [0.2, 0.25) is 0 Å². The van der Waals surface area contributed by atoms with E-state index in [1.54, 1.807) is 18.1 Å². The molecule has 0 atom stereocenters. The van der Waals surface area contributed by atoms with Crippen molar-refractivity contribution in [2.75, 3.05) is 32.7 Å². The number of carbonyl (C=O) groups is 1. The third-order valence-corrected chi connectivity index (χ3v) is 5.46. The van der Waals surface area contributed by atoms with Gasteiger partial charge in [-0.05, 0) is 24.1 Å². The van der Waals surface area contributed by atoms with E-state index in [1.807, 2.05) is 18.2 Å². The quantitative estimate of drug-likeness (QED) is 0.648. The van der Waals surface area contributed by atoms with Gasteiger partial charge in [0.2, 0.25) is 0 Å². The van der Waals surface area contributed by atoms with Crippen molar-refractivity contribution in [1.82, 2.24) is 19.6 Å². The number of carbonyl (C=O) groups excluding carboxylic acids is 1. The van der Waals surface area contributed by atoms with Crippen LogP contribution in [0, 0.1) is 11.6 Å². The molecule has 0 spiro atoms. The Bertz CT molecular complexity index is 1030. The van der Waals surface area contributed by atoms with E-state index < -0.39 is 11.6 Å². The van der Waals surface area contributed by atoms with Crippen LogP contribution in [0.3, 0.4) is 0 Å². The Morgan fingerprint density at radius 1 is 1.03 bits per heavy atom. The van der Waals surface area contributed by atoms with Crippen LogP contribution in [0.15, 0.2) is 54.7 Å². The minimum absolute atomic E-state index is 0.127. The Labute approximate surface area is 174 Å². The first-order valence-electron chi connectivity index (χ1n) is 10.1. The van der Waals surface area contributed by atoms with Crippen LogP contribution in [0.4, 0.5) is 8.78 Å². The van der Waals surface area contributed by atoms with Crippen LogP contribution in [0.1, 0.15) is 15.9 Å². The molecule has 1 aliphatic heterocycles. The number of nitrogens with zero attached hydrogens (tertiary/aromatic N) is 4. The molecule has 1 aromatic heterocycles. The van der Waals surface area contributed by atoms with E-state index in [9.17, 15) is 13.6 Å². The van der Waals surface area contributed by atoms with Gasteiger partial charge in [0.15, 0.2) is 0 Å². The SMILES string of the molecule is Cn1cc(C(=O)N2CCN(CCc3ccccc3)CC2)c(-c2ccc(F)cc2F)n1. The molecule has 1 fully saturated rings. The monoisotopic (exact) mass is 410 g/mol. The first kappa shape index (κ1) is 20.2. The molecule has 1 saturated heterocycles. The third kappa shape index (κ3) is 4.41. The van der Waals surface area contributed by atoms with E-state index in [0.717, 1.165) is 32.1 Å². The van der Waals surface area contributed by atoms with Gasteiger partial charge in [-0.15, -0.1) is 0 Å². The normalized spacial score (nSPS) is 14.8. The van der Waals surface area contributed by atoms with Crippen molar-refractivity contribution in [2.24, 2.45) is 7.05 Å². The molecule has 0 saturated carbocycles. The average molecular weight is 410 g/mol. The molecule has 0 aliphatic carbocycles. The lowest BCUT2D eigenvalue weighted by Gasteiger charge is -2.34. The molecule has 4 rings (SSSR count). The van der Waals surface area contributed by atoms with E-state index in [4.69, 9.17) is 0 Å². The number of benzene rings is 2. The van der Waals surface area contributed by atoms with Gasteiger partial charge in [-0.2, -0.15) is 5.10 Å². The van der Waals surface area contributed by atoms with Crippen LogP contribution in [-0.4, -0.2) is 58.2 Å². The number of halogens is 2. The highest BCUT2D eigenvalue weighted by molar-refractivity contribution is 6.00. The zero-order valence-electron chi connectivity index (χ0n) is 16.9. The number of rotatable bonds is 5. The fourth-order valence-corrected chi connectivity index (χ4v) is 3.80. The van der Waals surface area contributed by atoms with Gasteiger partial charge in [-0.3, -0.25) is 14.4 Å². The van der Waals surface area contributed by atoms with Crippen molar-refractivity contribution in [3.63, 3.8) is 0 Å². The van der Waals surface area contributed by atoms with Gasteiger partial charge in [0.25, 0.3) is 5.91 Å². The Morgan fingerprint density at radius 2 is 1.77 bits per heavy atom. The van der Waals surface area contributed by atoms with Crippen LogP contribution in [-0.2, 0) is 13.5 Å². The number of piperazine rings is 1. The summed E-state index contributed by atoms with van der Waals surface area (Å²) in [5.74, 6) is -1.57. The third-order valence-electron chi connectivity index (χ3n) is 5.46. The molecule has 7 heteroatoms. The molecule has 1 aliphatic rings. The zero-order chi connectivity index (χ0) is 21.1. The molecule has 0 radical (unpaired) electrons. The fourth-order valence-electron chi connectivity index (χ4n) is 3.80. The summed E-state index contributed by atoms with van der Waals surface area (Å²) < 4.78 is 29.1. The summed E-state index contributed by atoms with van der Waals surface area (Å²) in [5.41, 5.74) is 2.01. The number of aromatic nitrogens is 2. The summed E-state index contributed by atoms with van der Waals surface area (Å²) in [5, 5.41) is 4.26. The molecular formula is C23H24F2N4O. The van der Waals surface area contributed by atoms with E-state index in [1.165, 1.54) is 22.4 Å². The summed E-state index contributed by atoms with van der Waals surface area (Å²) in [6.07, 6.45) is 2.58. The summed E-state index contributed by atoms with van der Waals surface area (Å²) in [6.45, 7) is 3.74. The molecule has 0 unspecified atom stereocenters. The van der Waals surface area contributed by atoms with Gasteiger partial charge in [-0.1, -0.05) is 30.3 Å². The lowest BCUT2D eigenvalue weighted by Crippen LogP contribution is -2.49. The minimum atomic E-state index is -0.728. The van der Waals surface area contributed by atoms with E-state index in [0.29, 0.717) is 18.7 Å². The lowest BCUT2D eigenvalue weighted by atomic mass is 10.1. The first-order valence-corrected chi connectivity index (χ1v) is 10.1. The predicted octanol–water partition coefficient (Wildman–Crippen LogP) is 3.37. The summed E-state index contributed by atoms with van der Waals surface area (Å²) in [7, 11) is 1.68. The lowest BCUT2D eigenvalue weighted by molar-refractivity contribution is 0.0639. The Kier molecular flexibility index (Phi) is 5.90. The second-order valence-corrected chi connectivity index (χ2v) is 7.56. The smallest absolute Gasteiger partial charge is 0.257 e. The van der Waals surface area contributed by atoms with E-state index in [-0.39, 0.29) is 17.2 Å². The minimum Gasteiger partial charge on any atom is -0.336 e. The van der Waals surface area contributed by atoms with Crippen molar-refractivity contribution in [3.8, 4) is 11.3 Å². The van der Waals surface area contributed by atoms with Crippen LogP contribution < -0.4 is 0 Å². The molecule has 1 amide bonds. The average Bonchev–Trinajstić information content (AvgIpc) is 3.14. The summed E-state index contributed by atoms with van der Waals surface area (Å²) >= 11 is 0. The predicted molar refractivity (Wildman–Crippen MR) is 111 cm³/mol. The molecule has 2 heterocycles. The molecule has 5 nitrogen and oxygen atoms in total. The van der Waals surface area contributed by atoms with Gasteiger partial charge in [0.1, 0.15) is 17.3 Å². The highest BCUT2D eigenvalue weighted by atomic mass is 19.1.